The molecule has 1 fully saturated rings. The number of carbonyl (C=O) groups is 1. The number of carbonyl (C=O) groups excluding carboxylic acids is 1. The smallest absolute Gasteiger partial charge is 0.269 e. The number of rotatable bonds is 4. The molecule has 0 N–H and O–H groups in total. The van der Waals surface area contributed by atoms with Gasteiger partial charge in [-0.05, 0) is 61.7 Å². The number of benzene rings is 1. The van der Waals surface area contributed by atoms with Gasteiger partial charge in [-0.3, -0.25) is 14.0 Å². The van der Waals surface area contributed by atoms with Crippen LogP contribution in [-0.4, -0.2) is 33.3 Å². The molecule has 8 heteroatoms. The largest absolute Gasteiger partial charge is 0.438 e. The van der Waals surface area contributed by atoms with Crippen LogP contribution >= 0.6 is 0 Å². The standard InChI is InChI=1S/C23H19FN4O3/c24-17-7-9-18(10-8-17)31-21-19(23(30)28-13-5-2-6-20(28)26-21)14-16(15-25)22(29)27-11-3-1-4-12-27/h2,5-10,13-14H,1,3-4,11-12H2. The highest BCUT2D eigenvalue weighted by molar-refractivity contribution is 6.02. The number of likely N-dealkylation sites (tertiary alicyclic amines) is 1. The van der Waals surface area contributed by atoms with Crippen molar-refractivity contribution in [3.05, 3.63) is 76.0 Å². The fraction of sp³-hybridized carbons (Fsp3) is 0.217. The van der Waals surface area contributed by atoms with Crippen LogP contribution in [0, 0.1) is 17.1 Å². The Bertz CT molecular complexity index is 1250. The summed E-state index contributed by atoms with van der Waals surface area (Å²) in [5, 5.41) is 9.63. The maximum Gasteiger partial charge on any atom is 0.269 e. The number of hydrogen-bond acceptors (Lipinski definition) is 5. The van der Waals surface area contributed by atoms with Gasteiger partial charge in [0.15, 0.2) is 0 Å². The molecule has 0 atom stereocenters. The Kier molecular flexibility index (Phi) is 5.76. The van der Waals surface area contributed by atoms with E-state index in [1.807, 2.05) is 6.07 Å². The van der Waals surface area contributed by atoms with Crippen LogP contribution in [-0.2, 0) is 4.79 Å². The molecule has 0 unspecified atom stereocenters. The lowest BCUT2D eigenvalue weighted by molar-refractivity contribution is -0.127. The minimum atomic E-state index is -0.484. The fourth-order valence-corrected chi connectivity index (χ4v) is 3.45. The van der Waals surface area contributed by atoms with E-state index in [0.717, 1.165) is 19.3 Å². The first-order chi connectivity index (χ1) is 15.1. The van der Waals surface area contributed by atoms with Gasteiger partial charge in [0.05, 0.1) is 0 Å². The summed E-state index contributed by atoms with van der Waals surface area (Å²) >= 11 is 0. The van der Waals surface area contributed by atoms with Gasteiger partial charge in [-0.15, -0.1) is 0 Å². The molecule has 0 aliphatic carbocycles. The molecule has 31 heavy (non-hydrogen) atoms. The first kappa shape index (κ1) is 20.3. The number of amides is 1. The van der Waals surface area contributed by atoms with E-state index in [-0.39, 0.29) is 22.8 Å². The molecule has 2 aromatic heterocycles. The highest BCUT2D eigenvalue weighted by Crippen LogP contribution is 2.25. The van der Waals surface area contributed by atoms with Crippen LogP contribution in [0.4, 0.5) is 4.39 Å². The molecule has 7 nitrogen and oxygen atoms in total. The zero-order chi connectivity index (χ0) is 21.8. The van der Waals surface area contributed by atoms with Gasteiger partial charge in [-0.2, -0.15) is 10.2 Å². The van der Waals surface area contributed by atoms with Gasteiger partial charge in [-0.1, -0.05) is 6.07 Å². The Labute approximate surface area is 177 Å². The number of nitriles is 1. The summed E-state index contributed by atoms with van der Waals surface area (Å²) in [7, 11) is 0. The second kappa shape index (κ2) is 8.79. The van der Waals surface area contributed by atoms with Gasteiger partial charge in [0.1, 0.15) is 34.4 Å². The Morgan fingerprint density at radius 2 is 1.87 bits per heavy atom. The second-order valence-electron chi connectivity index (χ2n) is 7.14. The van der Waals surface area contributed by atoms with Crippen molar-refractivity contribution in [2.45, 2.75) is 19.3 Å². The van der Waals surface area contributed by atoms with E-state index in [1.165, 1.54) is 34.7 Å². The van der Waals surface area contributed by atoms with E-state index >= 15 is 0 Å². The molecule has 156 valence electrons. The monoisotopic (exact) mass is 418 g/mol. The van der Waals surface area contributed by atoms with E-state index < -0.39 is 17.3 Å². The molecule has 0 bridgehead atoms. The van der Waals surface area contributed by atoms with Crippen LogP contribution in [0.15, 0.2) is 59.0 Å². The minimum Gasteiger partial charge on any atom is -0.438 e. The zero-order valence-electron chi connectivity index (χ0n) is 16.6. The Balaban J connectivity index is 1.82. The topological polar surface area (TPSA) is 87.7 Å². The molecule has 3 heterocycles. The van der Waals surface area contributed by atoms with Gasteiger partial charge in [0.2, 0.25) is 5.88 Å². The Morgan fingerprint density at radius 1 is 1.13 bits per heavy atom. The Morgan fingerprint density at radius 3 is 2.58 bits per heavy atom. The number of fused-ring (bicyclic) bond motifs is 1. The van der Waals surface area contributed by atoms with Crippen LogP contribution < -0.4 is 10.3 Å². The summed E-state index contributed by atoms with van der Waals surface area (Å²) in [5.41, 5.74) is -0.347. The van der Waals surface area contributed by atoms with Crippen molar-refractivity contribution in [3.63, 3.8) is 0 Å². The predicted molar refractivity (Wildman–Crippen MR) is 112 cm³/mol. The molecular weight excluding hydrogens is 399 g/mol. The van der Waals surface area contributed by atoms with Gasteiger partial charge < -0.3 is 9.64 Å². The summed E-state index contributed by atoms with van der Waals surface area (Å²) in [5.74, 6) is -0.656. The van der Waals surface area contributed by atoms with Crippen LogP contribution in [0.25, 0.3) is 11.7 Å². The van der Waals surface area contributed by atoms with Crippen molar-refractivity contribution in [1.29, 1.82) is 5.26 Å². The average molecular weight is 418 g/mol. The van der Waals surface area contributed by atoms with E-state index in [0.29, 0.717) is 18.7 Å². The van der Waals surface area contributed by atoms with E-state index in [4.69, 9.17) is 4.74 Å². The molecule has 3 aromatic rings. The van der Waals surface area contributed by atoms with Crippen molar-refractivity contribution in [2.24, 2.45) is 0 Å². The molecule has 1 aromatic carbocycles. The first-order valence-corrected chi connectivity index (χ1v) is 9.93. The van der Waals surface area contributed by atoms with Crippen molar-refractivity contribution >= 4 is 17.6 Å². The number of piperidine rings is 1. The molecule has 1 amide bonds. The van der Waals surface area contributed by atoms with Crippen LogP contribution in [0.3, 0.4) is 0 Å². The molecule has 1 aliphatic rings. The number of nitrogens with zero attached hydrogens (tertiary/aromatic N) is 4. The maximum absolute atomic E-state index is 13.2. The zero-order valence-corrected chi connectivity index (χ0v) is 16.6. The molecular formula is C23H19FN4O3. The summed E-state index contributed by atoms with van der Waals surface area (Å²) < 4.78 is 20.3. The lowest BCUT2D eigenvalue weighted by Gasteiger charge is -2.26. The van der Waals surface area contributed by atoms with Gasteiger partial charge >= 0.3 is 0 Å². The fourth-order valence-electron chi connectivity index (χ4n) is 3.45. The number of aromatic nitrogens is 2. The molecule has 4 rings (SSSR count). The van der Waals surface area contributed by atoms with Crippen LogP contribution in [0.5, 0.6) is 11.6 Å². The summed E-state index contributed by atoms with van der Waals surface area (Å²) in [6.45, 7) is 1.15. The van der Waals surface area contributed by atoms with Crippen LogP contribution in [0.2, 0.25) is 0 Å². The number of pyridine rings is 1. The third kappa shape index (κ3) is 4.31. The highest BCUT2D eigenvalue weighted by Gasteiger charge is 2.22. The van der Waals surface area contributed by atoms with Crippen LogP contribution in [0.1, 0.15) is 24.8 Å². The van der Waals surface area contributed by atoms with Crippen molar-refractivity contribution in [1.82, 2.24) is 14.3 Å². The molecule has 1 aliphatic heterocycles. The Hall–Kier alpha value is -3.99. The number of hydrogen-bond donors (Lipinski definition) is 0. The molecule has 1 saturated heterocycles. The van der Waals surface area contributed by atoms with Gasteiger partial charge in [0, 0.05) is 19.3 Å². The third-order valence-corrected chi connectivity index (χ3v) is 5.05. The van der Waals surface area contributed by atoms with Gasteiger partial charge in [0.25, 0.3) is 11.5 Å². The lowest BCUT2D eigenvalue weighted by atomic mass is 10.1. The average Bonchev–Trinajstić information content (AvgIpc) is 2.81. The summed E-state index contributed by atoms with van der Waals surface area (Å²) in [4.78, 5) is 32.0. The number of ether oxygens (including phenoxy) is 1. The quantitative estimate of drug-likeness (QED) is 0.478. The normalized spacial score (nSPS) is 14.3. The van der Waals surface area contributed by atoms with E-state index in [2.05, 4.69) is 4.98 Å². The highest BCUT2D eigenvalue weighted by atomic mass is 19.1. The van der Waals surface area contributed by atoms with E-state index in [1.54, 1.807) is 29.3 Å². The molecule has 0 radical (unpaired) electrons. The first-order valence-electron chi connectivity index (χ1n) is 9.93. The van der Waals surface area contributed by atoms with Gasteiger partial charge in [-0.25, -0.2) is 4.39 Å². The van der Waals surface area contributed by atoms with Crippen molar-refractivity contribution in [2.75, 3.05) is 13.1 Å². The third-order valence-electron chi connectivity index (χ3n) is 5.05. The maximum atomic E-state index is 13.2. The predicted octanol–water partition coefficient (Wildman–Crippen LogP) is 3.55. The molecule has 0 spiro atoms. The van der Waals surface area contributed by atoms with Crippen molar-refractivity contribution < 1.29 is 13.9 Å². The SMILES string of the molecule is N#CC(=Cc1c(Oc2ccc(F)cc2)nc2ccccn2c1=O)C(=O)N1CCCCC1. The second-order valence-corrected chi connectivity index (χ2v) is 7.14. The minimum absolute atomic E-state index is 0.0325. The lowest BCUT2D eigenvalue weighted by Crippen LogP contribution is -2.36. The summed E-state index contributed by atoms with van der Waals surface area (Å²) in [6.07, 6.45) is 5.57. The van der Waals surface area contributed by atoms with E-state index in [9.17, 15) is 19.2 Å². The summed E-state index contributed by atoms with van der Waals surface area (Å²) in [6, 6.07) is 12.2. The van der Waals surface area contributed by atoms with Crippen molar-refractivity contribution in [3.8, 4) is 17.7 Å². The number of halogens is 1. The molecule has 0 saturated carbocycles.